The molecule has 0 bridgehead atoms. The third-order valence-electron chi connectivity index (χ3n) is 5.85. The second kappa shape index (κ2) is 9.16. The number of benzene rings is 2. The van der Waals surface area contributed by atoms with Crippen molar-refractivity contribution in [1.82, 2.24) is 4.90 Å². The Balaban J connectivity index is 1.61. The zero-order valence-electron chi connectivity index (χ0n) is 17.0. The van der Waals surface area contributed by atoms with Gasteiger partial charge in [-0.05, 0) is 51.1 Å². The second-order valence-corrected chi connectivity index (χ2v) is 7.75. The van der Waals surface area contributed by atoms with Crippen LogP contribution in [0.15, 0.2) is 48.5 Å². The molecule has 2 atom stereocenters. The van der Waals surface area contributed by atoms with Crippen molar-refractivity contribution in [1.29, 1.82) is 0 Å². The molecule has 1 aliphatic heterocycles. The summed E-state index contributed by atoms with van der Waals surface area (Å²) in [5.74, 6) is 1.07. The maximum atomic E-state index is 12.7. The molecule has 2 unspecified atom stereocenters. The highest BCUT2D eigenvalue weighted by Gasteiger charge is 2.30. The largest absolute Gasteiger partial charge is 0.497 e. The van der Waals surface area contributed by atoms with E-state index in [-0.39, 0.29) is 23.7 Å². The smallest absolute Gasteiger partial charge is 0.164 e. The number of hydrogen-bond donors (Lipinski definition) is 0. The molecule has 2 aromatic carbocycles. The summed E-state index contributed by atoms with van der Waals surface area (Å²) in [6.45, 7) is 2.02. The van der Waals surface area contributed by atoms with Gasteiger partial charge in [-0.3, -0.25) is 14.5 Å². The molecule has 148 valence electrons. The molecule has 0 aromatic heterocycles. The van der Waals surface area contributed by atoms with Gasteiger partial charge in [0.05, 0.1) is 7.11 Å². The van der Waals surface area contributed by atoms with Crippen molar-refractivity contribution < 1.29 is 14.3 Å². The third kappa shape index (κ3) is 4.87. The summed E-state index contributed by atoms with van der Waals surface area (Å²) in [5, 5.41) is 0. The number of aryl methyl sites for hydroxylation is 1. The lowest BCUT2D eigenvalue weighted by Gasteiger charge is -2.39. The Morgan fingerprint density at radius 2 is 1.36 bits per heavy atom. The Kier molecular flexibility index (Phi) is 6.63. The predicted octanol–water partition coefficient (Wildman–Crippen LogP) is 4.70. The number of Topliss-reactive ketones (excluding diaryl/α,β-unsaturated/α-hetero) is 2. The minimum atomic E-state index is 0.144. The number of piperidine rings is 1. The minimum absolute atomic E-state index is 0.144. The molecule has 4 heteroatoms. The number of methoxy groups -OCH3 is 1. The lowest BCUT2D eigenvalue weighted by molar-refractivity contribution is 0.0723. The summed E-state index contributed by atoms with van der Waals surface area (Å²) in [4.78, 5) is 27.6. The van der Waals surface area contributed by atoms with Gasteiger partial charge in [-0.1, -0.05) is 36.2 Å². The van der Waals surface area contributed by atoms with E-state index in [1.165, 1.54) is 0 Å². The van der Waals surface area contributed by atoms with E-state index in [2.05, 4.69) is 11.9 Å². The summed E-state index contributed by atoms with van der Waals surface area (Å²) < 4.78 is 5.16. The normalized spacial score (nSPS) is 20.0. The van der Waals surface area contributed by atoms with Crippen LogP contribution in [0.2, 0.25) is 0 Å². The first-order chi connectivity index (χ1) is 13.5. The number of carbonyl (C=O) groups excluding carboxylic acids is 2. The van der Waals surface area contributed by atoms with E-state index in [1.807, 2.05) is 55.5 Å². The molecule has 1 heterocycles. The van der Waals surface area contributed by atoms with E-state index in [0.717, 1.165) is 36.1 Å². The molecule has 4 nitrogen and oxygen atoms in total. The summed E-state index contributed by atoms with van der Waals surface area (Å²) in [6, 6.07) is 15.4. The van der Waals surface area contributed by atoms with Crippen LogP contribution in [0.3, 0.4) is 0 Å². The van der Waals surface area contributed by atoms with Crippen LogP contribution < -0.4 is 4.74 Å². The van der Waals surface area contributed by atoms with Crippen LogP contribution in [-0.4, -0.2) is 42.7 Å². The Morgan fingerprint density at radius 3 is 1.82 bits per heavy atom. The van der Waals surface area contributed by atoms with Crippen LogP contribution >= 0.6 is 0 Å². The van der Waals surface area contributed by atoms with Crippen LogP contribution in [0.5, 0.6) is 5.75 Å². The van der Waals surface area contributed by atoms with Crippen LogP contribution in [-0.2, 0) is 0 Å². The Bertz CT molecular complexity index is 811. The molecular formula is C24H29NO3. The molecule has 0 N–H and O–H groups in total. The topological polar surface area (TPSA) is 46.6 Å². The van der Waals surface area contributed by atoms with Gasteiger partial charge in [-0.2, -0.15) is 0 Å². The standard InChI is InChI=1S/C24H29NO3/c1-17-7-9-18(10-8-17)23(26)15-20-5-4-6-21(25(20)2)16-24(27)19-11-13-22(28-3)14-12-19/h7-14,20-21H,4-6,15-16H2,1-3H3. The number of ketones is 2. The first kappa shape index (κ1) is 20.3. The fraction of sp³-hybridized carbons (Fsp3) is 0.417. The summed E-state index contributed by atoms with van der Waals surface area (Å²) in [6.07, 6.45) is 4.04. The number of likely N-dealkylation sites (tertiary alicyclic amines) is 1. The maximum absolute atomic E-state index is 12.7. The van der Waals surface area contributed by atoms with Gasteiger partial charge in [0.15, 0.2) is 11.6 Å². The van der Waals surface area contributed by atoms with Crippen molar-refractivity contribution in [3.8, 4) is 5.75 Å². The predicted molar refractivity (Wildman–Crippen MR) is 111 cm³/mol. The number of nitrogens with zero attached hydrogens (tertiary/aromatic N) is 1. The first-order valence-electron chi connectivity index (χ1n) is 9.97. The van der Waals surface area contributed by atoms with E-state index in [4.69, 9.17) is 4.74 Å². The summed E-state index contributed by atoms with van der Waals surface area (Å²) in [5.41, 5.74) is 2.64. The van der Waals surface area contributed by atoms with Gasteiger partial charge in [0.2, 0.25) is 0 Å². The van der Waals surface area contributed by atoms with Gasteiger partial charge in [0.1, 0.15) is 5.75 Å². The van der Waals surface area contributed by atoms with Gasteiger partial charge in [-0.15, -0.1) is 0 Å². The molecule has 28 heavy (non-hydrogen) atoms. The fourth-order valence-corrected chi connectivity index (χ4v) is 3.97. The van der Waals surface area contributed by atoms with Crippen molar-refractivity contribution >= 4 is 11.6 Å². The van der Waals surface area contributed by atoms with Gasteiger partial charge in [-0.25, -0.2) is 0 Å². The van der Waals surface area contributed by atoms with Crippen LogP contribution in [0.25, 0.3) is 0 Å². The third-order valence-corrected chi connectivity index (χ3v) is 5.85. The molecule has 1 aliphatic rings. The maximum Gasteiger partial charge on any atom is 0.164 e. The number of rotatable bonds is 7. The Hall–Kier alpha value is -2.46. The van der Waals surface area contributed by atoms with E-state index in [9.17, 15) is 9.59 Å². The molecule has 0 spiro atoms. The van der Waals surface area contributed by atoms with Crippen molar-refractivity contribution in [3.63, 3.8) is 0 Å². The van der Waals surface area contributed by atoms with E-state index < -0.39 is 0 Å². The molecule has 1 fully saturated rings. The molecule has 0 amide bonds. The van der Waals surface area contributed by atoms with Gasteiger partial charge >= 0.3 is 0 Å². The number of hydrogen-bond acceptors (Lipinski definition) is 4. The van der Waals surface area contributed by atoms with Crippen LogP contribution in [0.4, 0.5) is 0 Å². The van der Waals surface area contributed by atoms with Gasteiger partial charge in [0.25, 0.3) is 0 Å². The average molecular weight is 380 g/mol. The van der Waals surface area contributed by atoms with E-state index in [1.54, 1.807) is 7.11 Å². The second-order valence-electron chi connectivity index (χ2n) is 7.75. The van der Waals surface area contributed by atoms with E-state index in [0.29, 0.717) is 18.4 Å². The van der Waals surface area contributed by atoms with Crippen molar-refractivity contribution in [3.05, 3.63) is 65.2 Å². The lowest BCUT2D eigenvalue weighted by Crippen LogP contribution is -2.45. The highest BCUT2D eigenvalue weighted by molar-refractivity contribution is 5.97. The minimum Gasteiger partial charge on any atom is -0.497 e. The molecule has 0 aliphatic carbocycles. The molecule has 2 aromatic rings. The van der Waals surface area contributed by atoms with Crippen molar-refractivity contribution in [2.24, 2.45) is 0 Å². The quantitative estimate of drug-likeness (QED) is 0.654. The number of ether oxygens (including phenoxy) is 1. The SMILES string of the molecule is COc1ccc(C(=O)CC2CCCC(CC(=O)c3ccc(C)cc3)N2C)cc1. The molecular weight excluding hydrogens is 350 g/mol. The monoisotopic (exact) mass is 379 g/mol. The number of carbonyl (C=O) groups is 2. The average Bonchev–Trinajstić information content (AvgIpc) is 2.71. The first-order valence-corrected chi connectivity index (χ1v) is 9.97. The lowest BCUT2D eigenvalue weighted by atomic mass is 9.88. The van der Waals surface area contributed by atoms with Crippen molar-refractivity contribution in [2.45, 2.75) is 51.1 Å². The van der Waals surface area contributed by atoms with Crippen molar-refractivity contribution in [2.75, 3.05) is 14.2 Å². The highest BCUT2D eigenvalue weighted by atomic mass is 16.5. The summed E-state index contributed by atoms with van der Waals surface area (Å²) in [7, 11) is 3.67. The highest BCUT2D eigenvalue weighted by Crippen LogP contribution is 2.27. The zero-order chi connectivity index (χ0) is 20.1. The molecule has 1 saturated heterocycles. The van der Waals surface area contributed by atoms with Gasteiger partial charge < -0.3 is 4.74 Å². The fourth-order valence-electron chi connectivity index (χ4n) is 3.97. The summed E-state index contributed by atoms with van der Waals surface area (Å²) >= 11 is 0. The van der Waals surface area contributed by atoms with Gasteiger partial charge in [0, 0.05) is 36.1 Å². The Labute approximate surface area is 167 Å². The van der Waals surface area contributed by atoms with Crippen LogP contribution in [0, 0.1) is 6.92 Å². The zero-order valence-corrected chi connectivity index (χ0v) is 17.0. The van der Waals surface area contributed by atoms with E-state index >= 15 is 0 Å². The van der Waals surface area contributed by atoms with Crippen LogP contribution in [0.1, 0.15) is 58.4 Å². The Morgan fingerprint density at radius 1 is 0.893 bits per heavy atom. The molecule has 3 rings (SSSR count). The molecule has 0 radical (unpaired) electrons. The molecule has 0 saturated carbocycles.